The zero-order valence-corrected chi connectivity index (χ0v) is 15.9. The maximum absolute atomic E-state index is 12.5. The van der Waals surface area contributed by atoms with E-state index in [1.165, 1.54) is 20.2 Å². The average molecular weight is 361 g/mol. The van der Waals surface area contributed by atoms with E-state index in [-0.39, 0.29) is 10.5 Å². The maximum atomic E-state index is 12.5. The molecule has 0 radical (unpaired) electrons. The predicted molar refractivity (Wildman–Crippen MR) is 97.1 cm³/mol. The lowest BCUT2D eigenvalue weighted by Crippen LogP contribution is -2.24. The summed E-state index contributed by atoms with van der Waals surface area (Å²) in [5.74, 6) is -0.547. The van der Waals surface area contributed by atoms with E-state index in [2.05, 4.69) is 0 Å². The number of nitrogens with zero attached hydrogens (tertiary/aromatic N) is 1. The van der Waals surface area contributed by atoms with E-state index in [0.29, 0.717) is 5.56 Å². The van der Waals surface area contributed by atoms with Gasteiger partial charge in [0, 0.05) is 14.1 Å². The van der Waals surface area contributed by atoms with Crippen LogP contribution in [0.2, 0.25) is 0 Å². The fourth-order valence-electron chi connectivity index (χ4n) is 2.43. The van der Waals surface area contributed by atoms with Crippen LogP contribution in [0.5, 0.6) is 0 Å². The zero-order valence-electron chi connectivity index (χ0n) is 15.1. The van der Waals surface area contributed by atoms with E-state index in [9.17, 15) is 13.2 Å². The molecule has 0 bridgehead atoms. The van der Waals surface area contributed by atoms with Crippen molar-refractivity contribution >= 4 is 16.0 Å². The van der Waals surface area contributed by atoms with Gasteiger partial charge in [-0.2, -0.15) is 0 Å². The minimum Gasteiger partial charge on any atom is -0.454 e. The fourth-order valence-corrected chi connectivity index (χ4v) is 3.65. The zero-order chi connectivity index (χ0) is 18.8. The van der Waals surface area contributed by atoms with Gasteiger partial charge in [0.2, 0.25) is 10.0 Å². The van der Waals surface area contributed by atoms with Crippen molar-refractivity contribution in [2.24, 2.45) is 0 Å². The highest BCUT2D eigenvalue weighted by Gasteiger charge is 2.24. The van der Waals surface area contributed by atoms with Crippen LogP contribution in [0.1, 0.15) is 40.1 Å². The van der Waals surface area contributed by atoms with Gasteiger partial charge in [0.25, 0.3) is 0 Å². The Morgan fingerprint density at radius 1 is 1.08 bits per heavy atom. The van der Waals surface area contributed by atoms with Crippen LogP contribution < -0.4 is 0 Å². The van der Waals surface area contributed by atoms with E-state index in [1.807, 2.05) is 30.3 Å². The quantitative estimate of drug-likeness (QED) is 0.765. The summed E-state index contributed by atoms with van der Waals surface area (Å²) in [6.45, 7) is 5.29. The molecule has 0 fully saturated rings. The number of sulfonamides is 1. The van der Waals surface area contributed by atoms with E-state index in [0.717, 1.165) is 15.4 Å². The second kappa shape index (κ2) is 7.37. The highest BCUT2D eigenvalue weighted by Crippen LogP contribution is 2.25. The molecule has 1 atom stereocenters. The predicted octanol–water partition coefficient (Wildman–Crippen LogP) is 3.47. The molecule has 0 saturated heterocycles. The third-order valence-corrected chi connectivity index (χ3v) is 6.11. The van der Waals surface area contributed by atoms with Crippen LogP contribution in [-0.2, 0) is 14.8 Å². The Kier molecular flexibility index (Phi) is 5.65. The number of aryl methyl sites for hydroxylation is 1. The number of benzene rings is 2. The fraction of sp³-hybridized carbons (Fsp3) is 0.316. The number of hydrogen-bond acceptors (Lipinski definition) is 4. The lowest BCUT2D eigenvalue weighted by Gasteiger charge is -2.18. The molecule has 5 nitrogen and oxygen atoms in total. The number of carbonyl (C=O) groups is 1. The van der Waals surface area contributed by atoms with Crippen LogP contribution in [0.3, 0.4) is 0 Å². The van der Waals surface area contributed by atoms with Gasteiger partial charge < -0.3 is 4.74 Å². The first-order valence-corrected chi connectivity index (χ1v) is 9.38. The van der Waals surface area contributed by atoms with Crippen molar-refractivity contribution in [2.75, 3.05) is 14.1 Å². The largest absolute Gasteiger partial charge is 0.454 e. The van der Waals surface area contributed by atoms with Gasteiger partial charge in [-0.3, -0.25) is 0 Å². The molecule has 25 heavy (non-hydrogen) atoms. The maximum Gasteiger partial charge on any atom is 0.338 e. The van der Waals surface area contributed by atoms with Gasteiger partial charge in [-0.25, -0.2) is 17.5 Å². The summed E-state index contributed by atoms with van der Waals surface area (Å²) in [5, 5.41) is 0. The summed E-state index contributed by atoms with van der Waals surface area (Å²) < 4.78 is 31.6. The summed E-state index contributed by atoms with van der Waals surface area (Å²) in [7, 11) is -0.711. The van der Waals surface area contributed by atoms with Crippen LogP contribution in [-0.4, -0.2) is 32.8 Å². The molecule has 0 aliphatic heterocycles. The summed E-state index contributed by atoms with van der Waals surface area (Å²) in [6, 6.07) is 12.4. The molecule has 1 unspecified atom stereocenters. The van der Waals surface area contributed by atoms with Crippen molar-refractivity contribution in [1.82, 2.24) is 4.31 Å². The standard InChI is InChI=1S/C19H23NO4S/c1-13-11-17(12-18(14(13)2)25(22,23)20(4)5)19(21)24-15(3)16-9-7-6-8-10-16/h6-12,15H,1-5H3. The lowest BCUT2D eigenvalue weighted by molar-refractivity contribution is 0.0337. The van der Waals surface area contributed by atoms with Crippen molar-refractivity contribution in [2.45, 2.75) is 31.8 Å². The smallest absolute Gasteiger partial charge is 0.338 e. The topological polar surface area (TPSA) is 63.7 Å². The molecule has 0 spiro atoms. The first-order valence-electron chi connectivity index (χ1n) is 7.94. The molecule has 2 aromatic rings. The molecule has 0 heterocycles. The lowest BCUT2D eigenvalue weighted by atomic mass is 10.1. The van der Waals surface area contributed by atoms with Gasteiger partial charge >= 0.3 is 5.97 Å². The normalized spacial score (nSPS) is 12.9. The van der Waals surface area contributed by atoms with Crippen LogP contribution >= 0.6 is 0 Å². The highest BCUT2D eigenvalue weighted by molar-refractivity contribution is 7.89. The second-order valence-corrected chi connectivity index (χ2v) is 8.28. The highest BCUT2D eigenvalue weighted by atomic mass is 32.2. The summed E-state index contributed by atoms with van der Waals surface area (Å²) in [5.41, 5.74) is 2.45. The van der Waals surface area contributed by atoms with Crippen molar-refractivity contribution in [3.8, 4) is 0 Å². The Balaban J connectivity index is 2.37. The van der Waals surface area contributed by atoms with Crippen molar-refractivity contribution in [1.29, 1.82) is 0 Å². The Morgan fingerprint density at radius 3 is 2.24 bits per heavy atom. The number of rotatable bonds is 5. The Morgan fingerprint density at radius 2 is 1.68 bits per heavy atom. The molecule has 134 valence electrons. The molecule has 0 saturated carbocycles. The summed E-state index contributed by atoms with van der Waals surface area (Å²) in [4.78, 5) is 12.6. The molecule has 2 rings (SSSR count). The van der Waals surface area contributed by atoms with Gasteiger partial charge in [0.15, 0.2) is 0 Å². The molecule has 0 aliphatic carbocycles. The Labute approximate surface area is 149 Å². The summed E-state index contributed by atoms with van der Waals surface area (Å²) >= 11 is 0. The Hall–Kier alpha value is -2.18. The number of ether oxygens (including phenoxy) is 1. The van der Waals surface area contributed by atoms with Crippen LogP contribution in [0.4, 0.5) is 0 Å². The molecule has 2 aromatic carbocycles. The minimum absolute atomic E-state index is 0.122. The third kappa shape index (κ3) is 4.08. The van der Waals surface area contributed by atoms with Crippen LogP contribution in [0.25, 0.3) is 0 Å². The first-order chi connectivity index (χ1) is 11.6. The van der Waals surface area contributed by atoms with Gasteiger partial charge in [-0.15, -0.1) is 0 Å². The van der Waals surface area contributed by atoms with Gasteiger partial charge in [0.05, 0.1) is 10.5 Å². The third-order valence-electron chi connectivity index (χ3n) is 4.17. The van der Waals surface area contributed by atoms with Crippen LogP contribution in [0, 0.1) is 13.8 Å². The van der Waals surface area contributed by atoms with Gasteiger partial charge in [-0.05, 0) is 49.6 Å². The molecule has 0 aromatic heterocycles. The van der Waals surface area contributed by atoms with E-state index in [4.69, 9.17) is 4.74 Å². The minimum atomic E-state index is -3.64. The van der Waals surface area contributed by atoms with Gasteiger partial charge in [0.1, 0.15) is 6.10 Å². The molecule has 0 N–H and O–H groups in total. The molecular weight excluding hydrogens is 338 g/mol. The van der Waals surface area contributed by atoms with Crippen molar-refractivity contribution in [3.63, 3.8) is 0 Å². The van der Waals surface area contributed by atoms with Crippen molar-refractivity contribution < 1.29 is 17.9 Å². The first kappa shape index (κ1) is 19.1. The SMILES string of the molecule is Cc1cc(C(=O)OC(C)c2ccccc2)cc(S(=O)(=O)N(C)C)c1C. The monoisotopic (exact) mass is 361 g/mol. The Bertz CT molecular complexity index is 874. The average Bonchev–Trinajstić information content (AvgIpc) is 2.57. The molecule has 0 amide bonds. The van der Waals surface area contributed by atoms with Gasteiger partial charge in [-0.1, -0.05) is 30.3 Å². The summed E-state index contributed by atoms with van der Waals surface area (Å²) in [6.07, 6.45) is -0.427. The van der Waals surface area contributed by atoms with E-state index in [1.54, 1.807) is 26.8 Å². The number of hydrogen-bond donors (Lipinski definition) is 0. The second-order valence-electron chi connectivity index (χ2n) is 6.16. The molecule has 6 heteroatoms. The van der Waals surface area contributed by atoms with E-state index >= 15 is 0 Å². The molecular formula is C19H23NO4S. The number of esters is 1. The van der Waals surface area contributed by atoms with Crippen molar-refractivity contribution in [3.05, 3.63) is 64.7 Å². The van der Waals surface area contributed by atoms with E-state index < -0.39 is 22.1 Å². The molecule has 0 aliphatic rings. The number of carbonyl (C=O) groups excluding carboxylic acids is 1. The van der Waals surface area contributed by atoms with Crippen LogP contribution in [0.15, 0.2) is 47.4 Å².